The minimum atomic E-state index is -0.409. The van der Waals surface area contributed by atoms with E-state index in [1.807, 2.05) is 24.3 Å². The molecule has 0 fully saturated rings. The molecule has 0 aliphatic heterocycles. The molecule has 2 rings (SSSR count). The smallest absolute Gasteiger partial charge is 0.165 e. The first-order valence-corrected chi connectivity index (χ1v) is 6.37. The summed E-state index contributed by atoms with van der Waals surface area (Å²) in [5.41, 5.74) is 1.49. The Morgan fingerprint density at radius 2 is 1.79 bits per heavy atom. The lowest BCUT2D eigenvalue weighted by molar-refractivity contribution is 0.280. The highest BCUT2D eigenvalue weighted by atomic mass is 35.5. The second-order valence-corrected chi connectivity index (χ2v) is 4.23. The van der Waals surface area contributed by atoms with Crippen LogP contribution in [0.1, 0.15) is 11.1 Å². The predicted octanol–water partition coefficient (Wildman–Crippen LogP) is 4.15. The van der Waals surface area contributed by atoms with Gasteiger partial charge in [0.05, 0.1) is 13.0 Å². The number of alkyl halides is 1. The number of methoxy groups -OCH3 is 1. The summed E-state index contributed by atoms with van der Waals surface area (Å²) in [5.74, 6) is 0.710. The number of ether oxygens (including phenoxy) is 2. The topological polar surface area (TPSA) is 18.5 Å². The zero-order valence-electron chi connectivity index (χ0n) is 10.5. The van der Waals surface area contributed by atoms with Crippen LogP contribution in [0.4, 0.5) is 4.39 Å². The first kappa shape index (κ1) is 13.7. The van der Waals surface area contributed by atoms with Gasteiger partial charge < -0.3 is 9.47 Å². The molecule has 19 heavy (non-hydrogen) atoms. The molecule has 0 spiro atoms. The third kappa shape index (κ3) is 3.18. The van der Waals surface area contributed by atoms with Gasteiger partial charge in [-0.1, -0.05) is 30.3 Å². The minimum Gasteiger partial charge on any atom is -0.496 e. The van der Waals surface area contributed by atoms with Gasteiger partial charge in [-0.3, -0.25) is 0 Å². The molecule has 2 aromatic rings. The molecule has 0 bridgehead atoms. The number of para-hydroxylation sites is 2. The van der Waals surface area contributed by atoms with Crippen molar-refractivity contribution in [1.29, 1.82) is 0 Å². The molecule has 0 unspecified atom stereocenters. The SMILES string of the molecule is COc1ccccc1COc1c(F)cccc1CCl. The standard InChI is InChI=1S/C15H14ClFO2/c1-18-14-8-3-2-5-12(14)10-19-15-11(9-16)6-4-7-13(15)17/h2-8H,9-10H2,1H3. The summed E-state index contributed by atoms with van der Waals surface area (Å²) in [7, 11) is 1.59. The Morgan fingerprint density at radius 3 is 2.53 bits per heavy atom. The minimum absolute atomic E-state index is 0.198. The van der Waals surface area contributed by atoms with Crippen LogP contribution in [0, 0.1) is 5.82 Å². The maximum atomic E-state index is 13.7. The van der Waals surface area contributed by atoms with E-state index in [2.05, 4.69) is 0 Å². The summed E-state index contributed by atoms with van der Waals surface area (Å²) in [6.07, 6.45) is 0. The van der Waals surface area contributed by atoms with E-state index in [0.717, 1.165) is 5.56 Å². The van der Waals surface area contributed by atoms with Gasteiger partial charge in [0.15, 0.2) is 11.6 Å². The lowest BCUT2D eigenvalue weighted by Crippen LogP contribution is -2.02. The van der Waals surface area contributed by atoms with Crippen LogP contribution >= 0.6 is 11.6 Å². The van der Waals surface area contributed by atoms with Gasteiger partial charge in [0, 0.05) is 11.1 Å². The van der Waals surface area contributed by atoms with Gasteiger partial charge in [-0.2, -0.15) is 0 Å². The molecule has 0 N–H and O–H groups in total. The van der Waals surface area contributed by atoms with Gasteiger partial charge in [-0.25, -0.2) is 4.39 Å². The van der Waals surface area contributed by atoms with Gasteiger partial charge in [-0.05, 0) is 12.1 Å². The van der Waals surface area contributed by atoms with Crippen molar-refractivity contribution in [1.82, 2.24) is 0 Å². The normalized spacial score (nSPS) is 10.3. The molecule has 0 aromatic heterocycles. The molecule has 0 atom stereocenters. The summed E-state index contributed by atoms with van der Waals surface area (Å²) in [5, 5.41) is 0. The van der Waals surface area contributed by atoms with E-state index in [-0.39, 0.29) is 18.2 Å². The Bertz CT molecular complexity index is 558. The van der Waals surface area contributed by atoms with Crippen LogP contribution < -0.4 is 9.47 Å². The number of hydrogen-bond donors (Lipinski definition) is 0. The maximum absolute atomic E-state index is 13.7. The van der Waals surface area contributed by atoms with Crippen LogP contribution in [0.15, 0.2) is 42.5 Å². The van der Waals surface area contributed by atoms with Crippen LogP contribution in [-0.4, -0.2) is 7.11 Å². The van der Waals surface area contributed by atoms with Crippen molar-refractivity contribution in [2.75, 3.05) is 7.11 Å². The van der Waals surface area contributed by atoms with Crippen molar-refractivity contribution in [2.45, 2.75) is 12.5 Å². The number of halogens is 2. The highest BCUT2D eigenvalue weighted by Crippen LogP contribution is 2.26. The molecule has 0 aliphatic carbocycles. The molecular formula is C15H14ClFO2. The van der Waals surface area contributed by atoms with Crippen molar-refractivity contribution in [3.05, 3.63) is 59.4 Å². The predicted molar refractivity (Wildman–Crippen MR) is 73.3 cm³/mol. The highest BCUT2D eigenvalue weighted by molar-refractivity contribution is 6.17. The first-order valence-electron chi connectivity index (χ1n) is 5.84. The summed E-state index contributed by atoms with van der Waals surface area (Å²) in [6.45, 7) is 0.231. The monoisotopic (exact) mass is 280 g/mol. The molecule has 4 heteroatoms. The van der Waals surface area contributed by atoms with Gasteiger partial charge in [0.25, 0.3) is 0 Å². The van der Waals surface area contributed by atoms with Gasteiger partial charge in [0.1, 0.15) is 12.4 Å². The molecule has 0 amide bonds. The fraction of sp³-hybridized carbons (Fsp3) is 0.200. The van der Waals surface area contributed by atoms with E-state index in [4.69, 9.17) is 21.1 Å². The lowest BCUT2D eigenvalue weighted by Gasteiger charge is -2.12. The third-order valence-corrected chi connectivity index (χ3v) is 3.04. The second-order valence-electron chi connectivity index (χ2n) is 3.96. The van der Waals surface area contributed by atoms with Crippen LogP contribution in [0.5, 0.6) is 11.5 Å². The van der Waals surface area contributed by atoms with Crippen molar-refractivity contribution >= 4 is 11.6 Å². The van der Waals surface area contributed by atoms with E-state index in [9.17, 15) is 4.39 Å². The summed E-state index contributed by atoms with van der Waals surface area (Å²) >= 11 is 5.77. The van der Waals surface area contributed by atoms with Crippen molar-refractivity contribution in [2.24, 2.45) is 0 Å². The first-order chi connectivity index (χ1) is 9.26. The second kappa shape index (κ2) is 6.43. The Morgan fingerprint density at radius 1 is 1.05 bits per heavy atom. The zero-order chi connectivity index (χ0) is 13.7. The van der Waals surface area contributed by atoms with Crippen molar-refractivity contribution in [3.63, 3.8) is 0 Å². The van der Waals surface area contributed by atoms with E-state index < -0.39 is 5.82 Å². The summed E-state index contributed by atoms with van der Waals surface area (Å²) < 4.78 is 24.5. The molecule has 0 saturated carbocycles. The van der Waals surface area contributed by atoms with Crippen LogP contribution in [0.25, 0.3) is 0 Å². The third-order valence-electron chi connectivity index (χ3n) is 2.76. The molecule has 0 saturated heterocycles. The summed E-state index contributed by atoms with van der Waals surface area (Å²) in [4.78, 5) is 0. The number of hydrogen-bond acceptors (Lipinski definition) is 2. The average Bonchev–Trinajstić information content (AvgIpc) is 2.46. The van der Waals surface area contributed by atoms with E-state index in [0.29, 0.717) is 11.3 Å². The fourth-order valence-electron chi connectivity index (χ4n) is 1.79. The Labute approximate surface area is 116 Å². The molecule has 0 radical (unpaired) electrons. The van der Waals surface area contributed by atoms with E-state index >= 15 is 0 Å². The summed E-state index contributed by atoms with van der Waals surface area (Å²) in [6, 6.07) is 12.2. The lowest BCUT2D eigenvalue weighted by atomic mass is 10.2. The maximum Gasteiger partial charge on any atom is 0.165 e. The Kier molecular flexibility index (Phi) is 4.63. The quantitative estimate of drug-likeness (QED) is 0.766. The molecule has 2 aromatic carbocycles. The molecule has 2 nitrogen and oxygen atoms in total. The van der Waals surface area contributed by atoms with Crippen LogP contribution in [-0.2, 0) is 12.5 Å². The highest BCUT2D eigenvalue weighted by Gasteiger charge is 2.10. The molecule has 0 aliphatic rings. The zero-order valence-corrected chi connectivity index (χ0v) is 11.3. The van der Waals surface area contributed by atoms with E-state index in [1.165, 1.54) is 6.07 Å². The molecule has 0 heterocycles. The number of benzene rings is 2. The largest absolute Gasteiger partial charge is 0.496 e. The Balaban J connectivity index is 2.19. The van der Waals surface area contributed by atoms with E-state index in [1.54, 1.807) is 19.2 Å². The van der Waals surface area contributed by atoms with Crippen LogP contribution in [0.3, 0.4) is 0 Å². The average molecular weight is 281 g/mol. The van der Waals surface area contributed by atoms with Crippen LogP contribution in [0.2, 0.25) is 0 Å². The van der Waals surface area contributed by atoms with Crippen molar-refractivity contribution in [3.8, 4) is 11.5 Å². The molecule has 100 valence electrons. The number of rotatable bonds is 5. The van der Waals surface area contributed by atoms with Gasteiger partial charge >= 0.3 is 0 Å². The fourth-order valence-corrected chi connectivity index (χ4v) is 2.00. The van der Waals surface area contributed by atoms with Crippen molar-refractivity contribution < 1.29 is 13.9 Å². The molecular weight excluding hydrogens is 267 g/mol. The van der Waals surface area contributed by atoms with Gasteiger partial charge in [-0.15, -0.1) is 11.6 Å². The van der Waals surface area contributed by atoms with Gasteiger partial charge in [0.2, 0.25) is 0 Å². The Hall–Kier alpha value is -1.74.